The van der Waals surface area contributed by atoms with Crippen LogP contribution in [0.15, 0.2) is 42.7 Å². The van der Waals surface area contributed by atoms with Crippen molar-refractivity contribution in [2.24, 2.45) is 0 Å². The minimum atomic E-state index is -0.295. The first-order valence-electron chi connectivity index (χ1n) is 5.67. The first kappa shape index (κ1) is 12.3. The zero-order valence-corrected chi connectivity index (χ0v) is 9.75. The summed E-state index contributed by atoms with van der Waals surface area (Å²) in [4.78, 5) is 11.6. The van der Waals surface area contributed by atoms with Gasteiger partial charge >= 0.3 is 0 Å². The third-order valence-electron chi connectivity index (χ3n) is 2.38. The Morgan fingerprint density at radius 3 is 2.78 bits per heavy atom. The third-order valence-corrected chi connectivity index (χ3v) is 2.38. The molecule has 2 aromatic rings. The number of nitrogens with zero attached hydrogens (tertiary/aromatic N) is 2. The van der Waals surface area contributed by atoms with Crippen LogP contribution in [0.2, 0.25) is 0 Å². The molecule has 0 saturated heterocycles. The quantitative estimate of drug-likeness (QED) is 0.764. The molecule has 5 heteroatoms. The van der Waals surface area contributed by atoms with E-state index in [9.17, 15) is 9.18 Å². The maximum atomic E-state index is 12.6. The number of hydrogen-bond acceptors (Lipinski definition) is 3. The molecule has 94 valence electrons. The smallest absolute Gasteiger partial charge is 0.246 e. The molecule has 1 aromatic heterocycles. The lowest BCUT2D eigenvalue weighted by atomic mass is 10.3. The van der Waals surface area contributed by atoms with Crippen molar-refractivity contribution in [3.05, 3.63) is 48.5 Å². The molecule has 0 saturated carbocycles. The monoisotopic (exact) mass is 248 g/mol. The molecule has 0 spiro atoms. The van der Waals surface area contributed by atoms with Crippen LogP contribution in [0.25, 0.3) is 0 Å². The highest BCUT2D eigenvalue weighted by Gasteiger charge is 2.04. The van der Waals surface area contributed by atoms with Crippen molar-refractivity contribution in [2.45, 2.75) is 12.8 Å². The first-order valence-corrected chi connectivity index (χ1v) is 5.67. The van der Waals surface area contributed by atoms with Crippen LogP contribution in [0.1, 0.15) is 17.6 Å². The van der Waals surface area contributed by atoms with Crippen molar-refractivity contribution < 1.29 is 13.9 Å². The maximum absolute atomic E-state index is 12.6. The Morgan fingerprint density at radius 2 is 2.11 bits per heavy atom. The van der Waals surface area contributed by atoms with Gasteiger partial charge in [-0.25, -0.2) is 9.07 Å². The first-order chi connectivity index (χ1) is 8.75. The van der Waals surface area contributed by atoms with E-state index in [1.165, 1.54) is 16.8 Å². The Morgan fingerprint density at radius 1 is 1.33 bits per heavy atom. The molecule has 0 atom stereocenters. The van der Waals surface area contributed by atoms with Gasteiger partial charge in [-0.05, 0) is 36.8 Å². The van der Waals surface area contributed by atoms with Gasteiger partial charge in [-0.2, -0.15) is 5.10 Å². The van der Waals surface area contributed by atoms with E-state index in [1.54, 1.807) is 30.6 Å². The molecule has 4 nitrogen and oxygen atoms in total. The van der Waals surface area contributed by atoms with Crippen molar-refractivity contribution >= 4 is 5.91 Å². The van der Waals surface area contributed by atoms with Gasteiger partial charge in [-0.3, -0.25) is 4.79 Å². The number of carbonyl (C=O) groups excluding carboxylic acids is 1. The van der Waals surface area contributed by atoms with Crippen LogP contribution in [0, 0.1) is 5.82 Å². The highest BCUT2D eigenvalue weighted by molar-refractivity contribution is 5.77. The molecular weight excluding hydrogens is 235 g/mol. The lowest BCUT2D eigenvalue weighted by molar-refractivity contribution is 0.0877. The van der Waals surface area contributed by atoms with Gasteiger partial charge in [0.15, 0.2) is 0 Å². The molecule has 0 aliphatic carbocycles. The molecule has 0 N–H and O–H groups in total. The standard InChI is InChI=1S/C13H13FN2O2/c14-11-4-6-12(7-5-11)18-10-1-3-13(17)16-9-2-8-15-16/h2,4-9H,1,3,10H2. The van der Waals surface area contributed by atoms with Crippen LogP contribution >= 0.6 is 0 Å². The molecule has 0 fully saturated rings. The maximum Gasteiger partial charge on any atom is 0.246 e. The summed E-state index contributed by atoms with van der Waals surface area (Å²) in [5.41, 5.74) is 0. The SMILES string of the molecule is O=C(CCCOc1ccc(F)cc1)n1cccn1. The molecule has 18 heavy (non-hydrogen) atoms. The van der Waals surface area contributed by atoms with E-state index < -0.39 is 0 Å². The lowest BCUT2D eigenvalue weighted by Crippen LogP contribution is -2.12. The number of ether oxygens (including phenoxy) is 1. The van der Waals surface area contributed by atoms with Crippen molar-refractivity contribution in [1.82, 2.24) is 9.78 Å². The molecule has 2 rings (SSSR count). The van der Waals surface area contributed by atoms with E-state index in [0.717, 1.165) is 0 Å². The summed E-state index contributed by atoms with van der Waals surface area (Å²) < 4.78 is 19.3. The second-order valence-electron chi connectivity index (χ2n) is 3.75. The summed E-state index contributed by atoms with van der Waals surface area (Å²) >= 11 is 0. The molecular formula is C13H13FN2O2. The average Bonchev–Trinajstić information content (AvgIpc) is 2.90. The zero-order valence-electron chi connectivity index (χ0n) is 9.75. The van der Waals surface area contributed by atoms with Crippen molar-refractivity contribution in [2.75, 3.05) is 6.61 Å². The fourth-order valence-corrected chi connectivity index (χ4v) is 1.48. The van der Waals surface area contributed by atoms with Crippen molar-refractivity contribution in [3.63, 3.8) is 0 Å². The predicted molar refractivity (Wildman–Crippen MR) is 64.0 cm³/mol. The van der Waals surface area contributed by atoms with Gasteiger partial charge in [-0.1, -0.05) is 0 Å². The second kappa shape index (κ2) is 5.95. The highest BCUT2D eigenvalue weighted by atomic mass is 19.1. The Hall–Kier alpha value is -2.17. The van der Waals surface area contributed by atoms with E-state index in [1.807, 2.05) is 0 Å². The summed E-state index contributed by atoms with van der Waals surface area (Å²) in [5, 5.41) is 3.85. The summed E-state index contributed by atoms with van der Waals surface area (Å²) in [5.74, 6) is 0.238. The number of halogens is 1. The van der Waals surface area contributed by atoms with Gasteiger partial charge in [0.1, 0.15) is 11.6 Å². The van der Waals surface area contributed by atoms with Crippen molar-refractivity contribution in [1.29, 1.82) is 0 Å². The fourth-order valence-electron chi connectivity index (χ4n) is 1.48. The van der Waals surface area contributed by atoms with Gasteiger partial charge in [0.2, 0.25) is 5.91 Å². The number of aromatic nitrogens is 2. The molecule has 1 aromatic carbocycles. The van der Waals surface area contributed by atoms with Crippen LogP contribution in [-0.4, -0.2) is 22.3 Å². The van der Waals surface area contributed by atoms with Crippen LogP contribution in [0.4, 0.5) is 4.39 Å². The Balaban J connectivity index is 1.70. The molecule has 0 amide bonds. The average molecular weight is 248 g/mol. The van der Waals surface area contributed by atoms with Crippen molar-refractivity contribution in [3.8, 4) is 5.75 Å². The molecule has 1 heterocycles. The van der Waals surface area contributed by atoms with Crippen LogP contribution in [0.3, 0.4) is 0 Å². The largest absolute Gasteiger partial charge is 0.494 e. The Bertz CT molecular complexity index is 494. The van der Waals surface area contributed by atoms with E-state index in [4.69, 9.17) is 4.74 Å². The Labute approximate surface area is 104 Å². The molecule has 0 unspecified atom stereocenters. The van der Waals surface area contributed by atoms with Gasteiger partial charge in [0.25, 0.3) is 0 Å². The summed E-state index contributed by atoms with van der Waals surface area (Å²) in [7, 11) is 0. The lowest BCUT2D eigenvalue weighted by Gasteiger charge is -2.05. The van der Waals surface area contributed by atoms with Gasteiger partial charge in [0.05, 0.1) is 6.61 Å². The number of carbonyl (C=O) groups is 1. The Kier molecular flexibility index (Phi) is 4.06. The van der Waals surface area contributed by atoms with E-state index in [-0.39, 0.29) is 11.7 Å². The summed E-state index contributed by atoms with van der Waals surface area (Å²) in [6.45, 7) is 0.415. The number of hydrogen-bond donors (Lipinski definition) is 0. The molecule has 0 aliphatic rings. The summed E-state index contributed by atoms with van der Waals surface area (Å²) in [6.07, 6.45) is 4.13. The predicted octanol–water partition coefficient (Wildman–Crippen LogP) is 2.52. The fraction of sp³-hybridized carbons (Fsp3) is 0.231. The van der Waals surface area contributed by atoms with E-state index in [0.29, 0.717) is 25.2 Å². The van der Waals surface area contributed by atoms with Crippen LogP contribution in [0.5, 0.6) is 5.75 Å². The van der Waals surface area contributed by atoms with Gasteiger partial charge in [0, 0.05) is 18.8 Å². The highest BCUT2D eigenvalue weighted by Crippen LogP contribution is 2.11. The topological polar surface area (TPSA) is 44.1 Å². The van der Waals surface area contributed by atoms with Gasteiger partial charge in [-0.15, -0.1) is 0 Å². The zero-order chi connectivity index (χ0) is 12.8. The number of rotatable bonds is 5. The molecule has 0 radical (unpaired) electrons. The minimum Gasteiger partial charge on any atom is -0.494 e. The van der Waals surface area contributed by atoms with E-state index in [2.05, 4.69) is 5.10 Å². The van der Waals surface area contributed by atoms with E-state index >= 15 is 0 Å². The molecule has 0 aliphatic heterocycles. The second-order valence-corrected chi connectivity index (χ2v) is 3.75. The normalized spacial score (nSPS) is 10.3. The molecule has 0 bridgehead atoms. The summed E-state index contributed by atoms with van der Waals surface area (Å²) in [6, 6.07) is 7.50. The van der Waals surface area contributed by atoms with Gasteiger partial charge < -0.3 is 4.74 Å². The third kappa shape index (κ3) is 3.41. The number of benzene rings is 1. The minimum absolute atomic E-state index is 0.0669. The van der Waals surface area contributed by atoms with Crippen LogP contribution in [-0.2, 0) is 0 Å². The van der Waals surface area contributed by atoms with Crippen LogP contribution < -0.4 is 4.74 Å².